The van der Waals surface area contributed by atoms with Crippen LogP contribution in [-0.2, 0) is 21.4 Å². The van der Waals surface area contributed by atoms with Crippen LogP contribution in [0.5, 0.6) is 11.8 Å². The molecule has 3 aliphatic rings. The van der Waals surface area contributed by atoms with Gasteiger partial charge in [-0.15, -0.1) is 0 Å². The third kappa shape index (κ3) is 10.4. The summed E-state index contributed by atoms with van der Waals surface area (Å²) in [4.78, 5) is 36.5. The van der Waals surface area contributed by atoms with Gasteiger partial charge in [-0.05, 0) is 42.0 Å². The normalized spacial score (nSPS) is 17.0. The molecule has 0 fully saturated rings. The van der Waals surface area contributed by atoms with Gasteiger partial charge < -0.3 is 25.4 Å². The molecule has 13 nitrogen and oxygen atoms in total. The van der Waals surface area contributed by atoms with Gasteiger partial charge in [0.25, 0.3) is 5.91 Å². The smallest absolute Gasteiger partial charge is 0.422 e. The van der Waals surface area contributed by atoms with Crippen LogP contribution in [0.15, 0.2) is 60.7 Å². The highest BCUT2D eigenvalue weighted by Crippen LogP contribution is 2.21. The van der Waals surface area contributed by atoms with E-state index >= 15 is 0 Å². The average Bonchev–Trinajstić information content (AvgIpc) is 2.94. The first-order chi connectivity index (χ1) is 20.4. The van der Waals surface area contributed by atoms with E-state index in [1.54, 1.807) is 24.3 Å². The summed E-state index contributed by atoms with van der Waals surface area (Å²) in [7, 11) is -3.92. The van der Waals surface area contributed by atoms with Crippen LogP contribution < -0.4 is 30.1 Å². The SMILES string of the molecule is O=C1CCNC(=O)c2ccc(cc2)Nc2nc(nc(OCC(F)(F)F)n2)NCc2ccc(cc2)OC/C=C/CS(=O)(=O)N1. The number of ether oxygens (including phenoxy) is 2. The molecule has 43 heavy (non-hydrogen) atoms. The van der Waals surface area contributed by atoms with Crippen LogP contribution in [0, 0.1) is 0 Å². The van der Waals surface area contributed by atoms with E-state index in [1.165, 1.54) is 36.4 Å². The van der Waals surface area contributed by atoms with Crippen LogP contribution in [0.4, 0.5) is 30.8 Å². The van der Waals surface area contributed by atoms with E-state index in [-0.39, 0.29) is 43.6 Å². The number of rotatable bonds is 2. The van der Waals surface area contributed by atoms with Crippen LogP contribution in [-0.4, -0.2) is 66.9 Å². The average molecular weight is 622 g/mol. The lowest BCUT2D eigenvalue weighted by Crippen LogP contribution is -2.35. The van der Waals surface area contributed by atoms with Gasteiger partial charge >= 0.3 is 12.2 Å². The number of halogens is 3. The van der Waals surface area contributed by atoms with Crippen LogP contribution in [0.2, 0.25) is 0 Å². The largest absolute Gasteiger partial charge is 0.490 e. The number of carbonyl (C=O) groups excluding carboxylic acids is 2. The van der Waals surface area contributed by atoms with Gasteiger partial charge in [-0.2, -0.15) is 28.1 Å². The number of aromatic nitrogens is 3. The van der Waals surface area contributed by atoms with Gasteiger partial charge in [0.05, 0.1) is 5.75 Å². The minimum absolute atomic E-state index is 0.0587. The minimum atomic E-state index is -4.61. The van der Waals surface area contributed by atoms with Crippen molar-refractivity contribution >= 4 is 39.4 Å². The Hall–Kier alpha value is -4.93. The highest BCUT2D eigenvalue weighted by Gasteiger charge is 2.29. The fourth-order valence-electron chi connectivity index (χ4n) is 3.49. The zero-order valence-corrected chi connectivity index (χ0v) is 23.2. The fraction of sp³-hybridized carbons (Fsp3) is 0.269. The predicted octanol–water partition coefficient (Wildman–Crippen LogP) is 2.68. The molecule has 0 radical (unpaired) electrons. The van der Waals surface area contributed by atoms with Gasteiger partial charge in [-0.3, -0.25) is 14.3 Å². The number of sulfonamides is 1. The van der Waals surface area contributed by atoms with Gasteiger partial charge in [-0.25, -0.2) is 8.42 Å². The van der Waals surface area contributed by atoms with Crippen molar-refractivity contribution < 1.29 is 40.7 Å². The van der Waals surface area contributed by atoms with E-state index in [0.717, 1.165) is 5.56 Å². The topological polar surface area (TPSA) is 174 Å². The molecule has 0 saturated heterocycles. The zero-order valence-electron chi connectivity index (χ0n) is 22.3. The summed E-state index contributed by atoms with van der Waals surface area (Å²) in [5, 5.41) is 8.27. The Balaban J connectivity index is 1.55. The summed E-state index contributed by atoms with van der Waals surface area (Å²) in [6.07, 6.45) is -2.06. The number of nitrogens with one attached hydrogen (secondary N) is 4. The molecule has 6 bridgehead atoms. The minimum Gasteiger partial charge on any atom is -0.490 e. The lowest BCUT2D eigenvalue weighted by atomic mass is 10.2. The second-order valence-electron chi connectivity index (χ2n) is 8.96. The molecule has 4 heterocycles. The number of anilines is 3. The van der Waals surface area contributed by atoms with Crippen LogP contribution in [0.1, 0.15) is 22.3 Å². The molecule has 2 aromatic carbocycles. The maximum Gasteiger partial charge on any atom is 0.422 e. The molecule has 0 saturated carbocycles. The van der Waals surface area contributed by atoms with E-state index in [9.17, 15) is 31.2 Å². The lowest BCUT2D eigenvalue weighted by Gasteiger charge is -2.12. The molecule has 1 aromatic heterocycles. The Bertz CT molecular complexity index is 1570. The van der Waals surface area contributed by atoms with Crippen molar-refractivity contribution in [2.24, 2.45) is 0 Å². The third-order valence-corrected chi connectivity index (χ3v) is 6.66. The Labute approximate surface area is 244 Å². The standard InChI is InChI=1S/C26H26F3N7O6S/c27-26(28,29)16-42-25-34-23-31-15-17-3-9-20(10-4-17)41-13-1-2-14-43(39,40)36-21(37)11-12-30-22(38)18-5-7-19(8-6-18)32-24(33-23)35-25/h1-10H,11-16H2,(H,30,38)(H,36,37)(H2,31,32,33,34,35)/b2-1+. The number of fused-ring (bicyclic) bond motifs is 2. The van der Waals surface area contributed by atoms with E-state index < -0.39 is 46.4 Å². The number of hydrogen-bond donors (Lipinski definition) is 4. The van der Waals surface area contributed by atoms with Crippen molar-refractivity contribution in [3.63, 3.8) is 0 Å². The van der Waals surface area contributed by atoms with Gasteiger partial charge in [-0.1, -0.05) is 24.3 Å². The van der Waals surface area contributed by atoms with Gasteiger partial charge in [0.2, 0.25) is 27.8 Å². The van der Waals surface area contributed by atoms with Crippen molar-refractivity contribution in [2.45, 2.75) is 19.1 Å². The second kappa shape index (κ2) is 13.8. The summed E-state index contributed by atoms with van der Waals surface area (Å²) in [5.74, 6) is -1.43. The molecule has 6 rings (SSSR count). The van der Waals surface area contributed by atoms with Gasteiger partial charge in [0, 0.05) is 30.8 Å². The molecule has 0 unspecified atom stereocenters. The summed E-state index contributed by atoms with van der Waals surface area (Å²) in [6, 6.07) is 12.2. The van der Waals surface area contributed by atoms with Crippen molar-refractivity contribution in [1.29, 1.82) is 0 Å². The van der Waals surface area contributed by atoms with Crippen LogP contribution in [0.25, 0.3) is 0 Å². The molecule has 0 spiro atoms. The fourth-order valence-corrected chi connectivity index (χ4v) is 4.41. The third-order valence-electron chi connectivity index (χ3n) is 5.49. The molecule has 3 aliphatic heterocycles. The number of carbonyl (C=O) groups is 2. The van der Waals surface area contributed by atoms with E-state index in [2.05, 4.69) is 30.9 Å². The highest BCUT2D eigenvalue weighted by atomic mass is 32.2. The Morgan fingerprint density at radius 3 is 2.35 bits per heavy atom. The van der Waals surface area contributed by atoms with Crippen molar-refractivity contribution in [1.82, 2.24) is 25.0 Å². The van der Waals surface area contributed by atoms with Crippen LogP contribution >= 0.6 is 0 Å². The van der Waals surface area contributed by atoms with Gasteiger partial charge in [0.1, 0.15) is 12.4 Å². The summed E-state index contributed by atoms with van der Waals surface area (Å²) >= 11 is 0. The van der Waals surface area contributed by atoms with Gasteiger partial charge in [0.15, 0.2) is 6.61 Å². The maximum atomic E-state index is 12.7. The molecule has 3 aromatic rings. The molecular weight excluding hydrogens is 595 g/mol. The second-order valence-corrected chi connectivity index (χ2v) is 10.7. The first kappa shape index (κ1) is 31.0. The number of nitrogens with zero attached hydrogens (tertiary/aromatic N) is 3. The van der Waals surface area contributed by atoms with Crippen molar-refractivity contribution in [3.8, 4) is 11.8 Å². The zero-order chi connectivity index (χ0) is 30.9. The Morgan fingerprint density at radius 2 is 1.63 bits per heavy atom. The van der Waals surface area contributed by atoms with E-state index in [4.69, 9.17) is 9.47 Å². The summed E-state index contributed by atoms with van der Waals surface area (Å²) < 4.78 is 74.7. The number of alkyl halides is 3. The molecule has 2 amide bonds. The quantitative estimate of drug-likeness (QED) is 0.310. The molecule has 228 valence electrons. The molecule has 17 heteroatoms. The first-order valence-corrected chi connectivity index (χ1v) is 14.3. The summed E-state index contributed by atoms with van der Waals surface area (Å²) in [6.45, 7) is -1.47. The molecule has 0 aliphatic carbocycles. The Kier molecular flexibility index (Phi) is 9.97. The molecule has 0 atom stereocenters. The van der Waals surface area contributed by atoms with E-state index in [0.29, 0.717) is 11.4 Å². The Morgan fingerprint density at radius 1 is 0.907 bits per heavy atom. The monoisotopic (exact) mass is 621 g/mol. The number of benzene rings is 2. The summed E-state index contributed by atoms with van der Waals surface area (Å²) in [5.41, 5.74) is 1.38. The maximum absolute atomic E-state index is 12.7. The number of amides is 2. The van der Waals surface area contributed by atoms with E-state index in [1.807, 2.05) is 4.72 Å². The predicted molar refractivity (Wildman–Crippen MR) is 148 cm³/mol. The number of hydrogen-bond acceptors (Lipinski definition) is 11. The van der Waals surface area contributed by atoms with Crippen LogP contribution in [0.3, 0.4) is 0 Å². The lowest BCUT2D eigenvalue weighted by molar-refractivity contribution is -0.154. The molecule has 4 N–H and O–H groups in total. The molecular formula is C26H26F3N7O6S. The highest BCUT2D eigenvalue weighted by molar-refractivity contribution is 7.90. The van der Waals surface area contributed by atoms with Crippen molar-refractivity contribution in [3.05, 3.63) is 71.8 Å². The first-order valence-electron chi connectivity index (χ1n) is 12.7. The van der Waals surface area contributed by atoms with Crippen molar-refractivity contribution in [2.75, 3.05) is 36.1 Å².